The second-order valence-electron chi connectivity index (χ2n) is 5.95. The average molecular weight is 351 g/mol. The van der Waals surface area contributed by atoms with E-state index in [1.165, 1.54) is 10.9 Å². The molecule has 3 aromatic rings. The Labute approximate surface area is 149 Å². The maximum Gasteiger partial charge on any atom is 0.261 e. The van der Waals surface area contributed by atoms with Crippen molar-refractivity contribution >= 4 is 16.8 Å². The zero-order valence-corrected chi connectivity index (χ0v) is 14.0. The molecule has 0 saturated carbocycles. The Kier molecular flexibility index (Phi) is 4.27. The highest BCUT2D eigenvalue weighted by Gasteiger charge is 2.12. The Morgan fingerprint density at radius 1 is 1.12 bits per heavy atom. The van der Waals surface area contributed by atoms with Gasteiger partial charge in [0.05, 0.1) is 17.2 Å². The van der Waals surface area contributed by atoms with Crippen LogP contribution in [0.2, 0.25) is 0 Å². The molecule has 1 aliphatic heterocycles. The van der Waals surface area contributed by atoms with Crippen LogP contribution in [0.4, 0.5) is 0 Å². The summed E-state index contributed by atoms with van der Waals surface area (Å²) < 4.78 is 12.3. The van der Waals surface area contributed by atoms with Gasteiger partial charge in [-0.3, -0.25) is 14.2 Å². The largest absolute Gasteiger partial charge is 0.486 e. The number of carbonyl (C=O) groups is 1. The van der Waals surface area contributed by atoms with Crippen molar-refractivity contribution in [2.24, 2.45) is 0 Å². The summed E-state index contributed by atoms with van der Waals surface area (Å²) in [7, 11) is 0. The molecule has 0 bridgehead atoms. The number of carbonyl (C=O) groups excluding carboxylic acids is 1. The minimum Gasteiger partial charge on any atom is -0.486 e. The molecule has 0 spiro atoms. The number of amides is 1. The van der Waals surface area contributed by atoms with Crippen molar-refractivity contribution in [3.05, 3.63) is 64.7 Å². The number of para-hydroxylation sites is 1. The Hall–Kier alpha value is -3.35. The number of hydrogen-bond acceptors (Lipinski definition) is 5. The second-order valence-corrected chi connectivity index (χ2v) is 5.95. The highest BCUT2D eigenvalue weighted by atomic mass is 16.6. The molecule has 0 aliphatic carbocycles. The predicted molar refractivity (Wildman–Crippen MR) is 95.3 cm³/mol. The molecule has 1 aliphatic rings. The molecule has 26 heavy (non-hydrogen) atoms. The summed E-state index contributed by atoms with van der Waals surface area (Å²) in [5.74, 6) is 1.12. The van der Waals surface area contributed by atoms with Gasteiger partial charge in [0.2, 0.25) is 5.91 Å². The summed E-state index contributed by atoms with van der Waals surface area (Å²) in [6, 6.07) is 12.6. The van der Waals surface area contributed by atoms with Gasteiger partial charge in [0, 0.05) is 6.54 Å². The Bertz CT molecular complexity index is 1030. The van der Waals surface area contributed by atoms with Crippen LogP contribution < -0.4 is 20.3 Å². The first-order valence-electron chi connectivity index (χ1n) is 8.30. The Balaban J connectivity index is 1.43. The molecule has 7 heteroatoms. The van der Waals surface area contributed by atoms with E-state index in [0.29, 0.717) is 42.2 Å². The van der Waals surface area contributed by atoms with E-state index in [4.69, 9.17) is 9.47 Å². The molecule has 1 N–H and O–H groups in total. The lowest BCUT2D eigenvalue weighted by Crippen LogP contribution is -2.32. The minimum absolute atomic E-state index is 0.0821. The lowest BCUT2D eigenvalue weighted by molar-refractivity contribution is -0.121. The first-order valence-corrected chi connectivity index (χ1v) is 8.30. The van der Waals surface area contributed by atoms with Gasteiger partial charge >= 0.3 is 0 Å². The van der Waals surface area contributed by atoms with Crippen molar-refractivity contribution in [2.75, 3.05) is 13.2 Å². The van der Waals surface area contributed by atoms with Crippen LogP contribution in [-0.4, -0.2) is 28.7 Å². The standard InChI is InChI=1S/C19H17N3O4/c23-18(11-22-12-21-15-4-2-1-3-14(15)19(22)24)20-10-13-5-6-16-17(9-13)26-8-7-25-16/h1-6,9,12H,7-8,10-11H2,(H,20,23). The summed E-state index contributed by atoms with van der Waals surface area (Å²) in [5, 5.41) is 3.30. The van der Waals surface area contributed by atoms with E-state index in [1.54, 1.807) is 18.2 Å². The second kappa shape index (κ2) is 6.87. The minimum atomic E-state index is -0.265. The van der Waals surface area contributed by atoms with Gasteiger partial charge in [0.15, 0.2) is 11.5 Å². The maximum absolute atomic E-state index is 12.4. The van der Waals surface area contributed by atoms with Crippen LogP contribution in [0.3, 0.4) is 0 Å². The first-order chi connectivity index (χ1) is 12.7. The summed E-state index contributed by atoms with van der Waals surface area (Å²) in [6.07, 6.45) is 1.40. The molecule has 1 aromatic heterocycles. The van der Waals surface area contributed by atoms with Gasteiger partial charge in [-0.1, -0.05) is 18.2 Å². The zero-order chi connectivity index (χ0) is 17.9. The van der Waals surface area contributed by atoms with Crippen LogP contribution in [-0.2, 0) is 17.9 Å². The van der Waals surface area contributed by atoms with E-state index in [9.17, 15) is 9.59 Å². The number of rotatable bonds is 4. The van der Waals surface area contributed by atoms with Crippen LogP contribution in [0, 0.1) is 0 Å². The molecule has 0 atom stereocenters. The predicted octanol–water partition coefficient (Wildman–Crippen LogP) is 1.48. The van der Waals surface area contributed by atoms with E-state index in [-0.39, 0.29) is 18.0 Å². The first kappa shape index (κ1) is 16.1. The van der Waals surface area contributed by atoms with Gasteiger partial charge in [0.25, 0.3) is 5.56 Å². The fourth-order valence-corrected chi connectivity index (χ4v) is 2.83. The normalized spacial score (nSPS) is 12.8. The Morgan fingerprint density at radius 3 is 2.81 bits per heavy atom. The van der Waals surface area contributed by atoms with Gasteiger partial charge in [-0.15, -0.1) is 0 Å². The van der Waals surface area contributed by atoms with Crippen LogP contribution >= 0.6 is 0 Å². The summed E-state index contributed by atoms with van der Waals surface area (Å²) >= 11 is 0. The number of nitrogens with zero attached hydrogens (tertiary/aromatic N) is 2. The maximum atomic E-state index is 12.4. The third kappa shape index (κ3) is 3.23. The Morgan fingerprint density at radius 2 is 1.92 bits per heavy atom. The fraction of sp³-hybridized carbons (Fsp3) is 0.211. The lowest BCUT2D eigenvalue weighted by atomic mass is 10.2. The number of ether oxygens (including phenoxy) is 2. The number of aromatic nitrogens is 2. The number of benzene rings is 2. The van der Waals surface area contributed by atoms with Gasteiger partial charge in [-0.05, 0) is 29.8 Å². The van der Waals surface area contributed by atoms with Gasteiger partial charge in [0.1, 0.15) is 19.8 Å². The molecule has 0 saturated heterocycles. The number of fused-ring (bicyclic) bond motifs is 2. The smallest absolute Gasteiger partial charge is 0.261 e. The molecule has 0 radical (unpaired) electrons. The topological polar surface area (TPSA) is 82.5 Å². The van der Waals surface area contributed by atoms with Crippen LogP contribution in [0.25, 0.3) is 10.9 Å². The molecule has 2 heterocycles. The summed E-state index contributed by atoms with van der Waals surface area (Å²) in [6.45, 7) is 1.31. The van der Waals surface area contributed by atoms with E-state index >= 15 is 0 Å². The van der Waals surface area contributed by atoms with Gasteiger partial charge < -0.3 is 14.8 Å². The highest BCUT2D eigenvalue weighted by Crippen LogP contribution is 2.30. The highest BCUT2D eigenvalue weighted by molar-refractivity contribution is 5.78. The van der Waals surface area contributed by atoms with Crippen LogP contribution in [0.5, 0.6) is 11.5 Å². The molecular formula is C19H17N3O4. The van der Waals surface area contributed by atoms with E-state index in [2.05, 4.69) is 10.3 Å². The average Bonchev–Trinajstić information content (AvgIpc) is 2.68. The third-order valence-corrected chi connectivity index (χ3v) is 4.14. The van der Waals surface area contributed by atoms with Gasteiger partial charge in [-0.2, -0.15) is 0 Å². The van der Waals surface area contributed by atoms with Crippen molar-refractivity contribution in [1.29, 1.82) is 0 Å². The van der Waals surface area contributed by atoms with E-state index in [1.807, 2.05) is 24.3 Å². The molecule has 2 aromatic carbocycles. The van der Waals surface area contributed by atoms with Crippen molar-refractivity contribution in [1.82, 2.24) is 14.9 Å². The number of nitrogens with one attached hydrogen (secondary N) is 1. The van der Waals surface area contributed by atoms with Crippen molar-refractivity contribution < 1.29 is 14.3 Å². The molecular weight excluding hydrogens is 334 g/mol. The monoisotopic (exact) mass is 351 g/mol. The molecule has 0 unspecified atom stereocenters. The fourth-order valence-electron chi connectivity index (χ4n) is 2.83. The summed E-state index contributed by atoms with van der Waals surface area (Å²) in [4.78, 5) is 28.8. The quantitative estimate of drug-likeness (QED) is 0.770. The molecule has 0 fully saturated rings. The molecule has 7 nitrogen and oxygen atoms in total. The van der Waals surface area contributed by atoms with Crippen molar-refractivity contribution in [3.63, 3.8) is 0 Å². The van der Waals surface area contributed by atoms with Crippen LogP contribution in [0.15, 0.2) is 53.6 Å². The molecule has 4 rings (SSSR count). The summed E-state index contributed by atoms with van der Waals surface area (Å²) in [5.41, 5.74) is 1.28. The van der Waals surface area contributed by atoms with E-state index < -0.39 is 0 Å². The number of hydrogen-bond donors (Lipinski definition) is 1. The van der Waals surface area contributed by atoms with E-state index in [0.717, 1.165) is 5.56 Å². The van der Waals surface area contributed by atoms with Gasteiger partial charge in [-0.25, -0.2) is 4.98 Å². The van der Waals surface area contributed by atoms with Crippen molar-refractivity contribution in [2.45, 2.75) is 13.1 Å². The lowest BCUT2D eigenvalue weighted by Gasteiger charge is -2.19. The van der Waals surface area contributed by atoms with Crippen molar-refractivity contribution in [3.8, 4) is 11.5 Å². The molecule has 1 amide bonds. The third-order valence-electron chi connectivity index (χ3n) is 4.14. The zero-order valence-electron chi connectivity index (χ0n) is 14.0. The molecule has 132 valence electrons. The van der Waals surface area contributed by atoms with Crippen LogP contribution in [0.1, 0.15) is 5.56 Å². The SMILES string of the molecule is O=C(Cn1cnc2ccccc2c1=O)NCc1ccc2c(c1)OCCO2.